The van der Waals surface area contributed by atoms with Gasteiger partial charge in [0.25, 0.3) is 5.91 Å². The van der Waals surface area contributed by atoms with E-state index in [1.54, 1.807) is 28.7 Å². The van der Waals surface area contributed by atoms with Crippen LogP contribution in [-0.2, 0) is 0 Å². The number of aromatic nitrogens is 2. The van der Waals surface area contributed by atoms with Crippen molar-refractivity contribution in [2.24, 2.45) is 0 Å². The van der Waals surface area contributed by atoms with Crippen LogP contribution in [0.2, 0.25) is 5.02 Å². The summed E-state index contributed by atoms with van der Waals surface area (Å²) in [5, 5.41) is 3.43. The number of rotatable bonds is 2. The second-order valence-electron chi connectivity index (χ2n) is 5.05. The predicted octanol–water partition coefficient (Wildman–Crippen LogP) is 4.62. The molecule has 3 aromatic rings. The molecule has 0 bridgehead atoms. The highest BCUT2D eigenvalue weighted by Gasteiger charge is 2.18. The Hall–Kier alpha value is -1.85. The van der Waals surface area contributed by atoms with Crippen LogP contribution in [0.4, 0.5) is 5.69 Å². The Balaban J connectivity index is 2.06. The van der Waals surface area contributed by atoms with E-state index in [0.717, 1.165) is 15.7 Å². The summed E-state index contributed by atoms with van der Waals surface area (Å²) in [6.07, 6.45) is 1.84. The van der Waals surface area contributed by atoms with Gasteiger partial charge in [-0.3, -0.25) is 9.20 Å². The van der Waals surface area contributed by atoms with Crippen LogP contribution in [0, 0.1) is 13.8 Å². The molecule has 0 fully saturated rings. The Morgan fingerprint density at radius 1 is 1.32 bits per heavy atom. The van der Waals surface area contributed by atoms with Crippen LogP contribution in [0.3, 0.4) is 0 Å². The lowest BCUT2D eigenvalue weighted by Gasteiger charge is -2.07. The summed E-state index contributed by atoms with van der Waals surface area (Å²) in [4.78, 5) is 17.1. The minimum absolute atomic E-state index is 0.218. The third-order valence-corrected chi connectivity index (χ3v) is 4.01. The van der Waals surface area contributed by atoms with E-state index in [1.165, 1.54) is 0 Å². The van der Waals surface area contributed by atoms with Gasteiger partial charge in [-0.15, -0.1) is 0 Å². The van der Waals surface area contributed by atoms with E-state index >= 15 is 0 Å². The van der Waals surface area contributed by atoms with E-state index < -0.39 is 0 Å². The van der Waals surface area contributed by atoms with E-state index in [2.05, 4.69) is 26.2 Å². The van der Waals surface area contributed by atoms with Crippen molar-refractivity contribution in [2.75, 3.05) is 5.32 Å². The third-order valence-electron chi connectivity index (χ3n) is 3.34. The smallest absolute Gasteiger partial charge is 0.274 e. The van der Waals surface area contributed by atoms with Crippen molar-refractivity contribution in [1.82, 2.24) is 9.38 Å². The fourth-order valence-electron chi connectivity index (χ4n) is 2.41. The summed E-state index contributed by atoms with van der Waals surface area (Å²) < 4.78 is 2.70. The molecule has 0 saturated heterocycles. The molecule has 0 radical (unpaired) electrons. The highest BCUT2D eigenvalue weighted by Crippen LogP contribution is 2.22. The van der Waals surface area contributed by atoms with Crippen LogP contribution in [0.5, 0.6) is 0 Å². The number of amides is 1. The van der Waals surface area contributed by atoms with Crippen molar-refractivity contribution in [2.45, 2.75) is 13.8 Å². The van der Waals surface area contributed by atoms with Gasteiger partial charge < -0.3 is 5.32 Å². The molecule has 0 aliphatic carbocycles. The predicted molar refractivity (Wildman–Crippen MR) is 91.8 cm³/mol. The minimum atomic E-state index is -0.218. The number of fused-ring (bicyclic) bond motifs is 1. The molecule has 0 atom stereocenters. The first-order valence-electron chi connectivity index (χ1n) is 6.67. The van der Waals surface area contributed by atoms with Crippen LogP contribution in [0.15, 0.2) is 41.0 Å². The van der Waals surface area contributed by atoms with Gasteiger partial charge >= 0.3 is 0 Å². The summed E-state index contributed by atoms with van der Waals surface area (Å²) in [6.45, 7) is 3.79. The number of halogens is 2. The van der Waals surface area contributed by atoms with E-state index in [9.17, 15) is 4.79 Å². The number of hydrogen-bond acceptors (Lipinski definition) is 2. The van der Waals surface area contributed by atoms with Crippen LogP contribution in [-0.4, -0.2) is 15.3 Å². The molecule has 1 N–H and O–H groups in total. The zero-order valence-corrected chi connectivity index (χ0v) is 14.4. The van der Waals surface area contributed by atoms with Crippen molar-refractivity contribution in [3.05, 3.63) is 63.0 Å². The number of pyridine rings is 1. The lowest BCUT2D eigenvalue weighted by atomic mass is 10.2. The summed E-state index contributed by atoms with van der Waals surface area (Å²) >= 11 is 9.40. The van der Waals surface area contributed by atoms with Gasteiger partial charge in [-0.05, 0) is 59.6 Å². The molecule has 2 heterocycles. The van der Waals surface area contributed by atoms with E-state index in [1.807, 2.05) is 26.1 Å². The van der Waals surface area contributed by atoms with Gasteiger partial charge in [-0.2, -0.15) is 0 Å². The fraction of sp³-hybridized carbons (Fsp3) is 0.125. The molecule has 1 aromatic carbocycles. The first-order valence-corrected chi connectivity index (χ1v) is 7.84. The Morgan fingerprint density at radius 3 is 2.82 bits per heavy atom. The van der Waals surface area contributed by atoms with Gasteiger partial charge in [0.2, 0.25) is 0 Å². The van der Waals surface area contributed by atoms with Crippen molar-refractivity contribution in [1.29, 1.82) is 0 Å². The van der Waals surface area contributed by atoms with E-state index in [-0.39, 0.29) is 5.91 Å². The Morgan fingerprint density at radius 2 is 2.09 bits per heavy atom. The molecular formula is C16H13BrClN3O. The summed E-state index contributed by atoms with van der Waals surface area (Å²) in [6, 6.07) is 9.03. The first kappa shape index (κ1) is 15.1. The number of imidazole rings is 1. The van der Waals surface area contributed by atoms with Crippen LogP contribution < -0.4 is 5.32 Å². The molecule has 3 rings (SSSR count). The van der Waals surface area contributed by atoms with Crippen LogP contribution in [0.25, 0.3) is 5.65 Å². The topological polar surface area (TPSA) is 46.4 Å². The molecule has 1 amide bonds. The molecule has 0 spiro atoms. The molecule has 0 saturated carbocycles. The number of carbonyl (C=O) groups excluding carboxylic acids is 1. The van der Waals surface area contributed by atoms with Crippen molar-refractivity contribution < 1.29 is 4.79 Å². The number of anilines is 1. The SMILES string of the molecule is Cc1nc2c(C)cc(Br)cn2c1C(=O)Nc1cccc(Cl)c1. The number of benzene rings is 1. The van der Waals surface area contributed by atoms with Crippen molar-refractivity contribution >= 4 is 44.8 Å². The van der Waals surface area contributed by atoms with Gasteiger partial charge in [-0.1, -0.05) is 17.7 Å². The Kier molecular flexibility index (Phi) is 3.93. The maximum Gasteiger partial charge on any atom is 0.274 e. The molecule has 6 heteroatoms. The Bertz CT molecular complexity index is 888. The number of hydrogen-bond donors (Lipinski definition) is 1. The lowest BCUT2D eigenvalue weighted by Crippen LogP contribution is -2.15. The van der Waals surface area contributed by atoms with Crippen LogP contribution in [0.1, 0.15) is 21.7 Å². The highest BCUT2D eigenvalue weighted by molar-refractivity contribution is 9.10. The van der Waals surface area contributed by atoms with Gasteiger partial charge in [-0.25, -0.2) is 4.98 Å². The average molecular weight is 379 g/mol. The number of nitrogens with zero attached hydrogens (tertiary/aromatic N) is 2. The van der Waals surface area contributed by atoms with Gasteiger partial charge in [0.15, 0.2) is 0 Å². The monoisotopic (exact) mass is 377 g/mol. The molecule has 4 nitrogen and oxygen atoms in total. The summed E-state index contributed by atoms with van der Waals surface area (Å²) in [7, 11) is 0. The van der Waals surface area contributed by atoms with Gasteiger partial charge in [0.05, 0.1) is 5.69 Å². The maximum atomic E-state index is 12.6. The van der Waals surface area contributed by atoms with Gasteiger partial charge in [0.1, 0.15) is 11.3 Å². The summed E-state index contributed by atoms with van der Waals surface area (Å²) in [5.74, 6) is -0.218. The average Bonchev–Trinajstić information content (AvgIpc) is 2.75. The third kappa shape index (κ3) is 2.74. The van der Waals surface area contributed by atoms with Gasteiger partial charge in [0, 0.05) is 21.4 Å². The van der Waals surface area contributed by atoms with E-state index in [0.29, 0.717) is 22.1 Å². The number of nitrogens with one attached hydrogen (secondary N) is 1. The first-order chi connectivity index (χ1) is 10.5. The van der Waals surface area contributed by atoms with Crippen molar-refractivity contribution in [3.8, 4) is 0 Å². The number of aryl methyl sites for hydroxylation is 2. The zero-order chi connectivity index (χ0) is 15.9. The number of carbonyl (C=O) groups is 1. The quantitative estimate of drug-likeness (QED) is 0.707. The highest BCUT2D eigenvalue weighted by atomic mass is 79.9. The normalized spacial score (nSPS) is 10.9. The lowest BCUT2D eigenvalue weighted by molar-refractivity contribution is 0.102. The minimum Gasteiger partial charge on any atom is -0.321 e. The van der Waals surface area contributed by atoms with Crippen LogP contribution >= 0.6 is 27.5 Å². The molecule has 112 valence electrons. The molecule has 2 aromatic heterocycles. The molecule has 0 aliphatic rings. The second kappa shape index (κ2) is 5.74. The van der Waals surface area contributed by atoms with E-state index in [4.69, 9.17) is 11.6 Å². The molecule has 0 unspecified atom stereocenters. The maximum absolute atomic E-state index is 12.6. The molecule has 22 heavy (non-hydrogen) atoms. The standard InChI is InChI=1S/C16H13BrClN3O/c1-9-6-11(17)8-21-14(10(2)19-15(9)21)16(22)20-13-5-3-4-12(18)7-13/h3-8H,1-2H3,(H,20,22). The molecular weight excluding hydrogens is 366 g/mol. The zero-order valence-electron chi connectivity index (χ0n) is 12.0. The van der Waals surface area contributed by atoms with Crippen molar-refractivity contribution in [3.63, 3.8) is 0 Å². The second-order valence-corrected chi connectivity index (χ2v) is 6.40. The molecule has 0 aliphatic heterocycles. The Labute approximate surface area is 141 Å². The summed E-state index contributed by atoms with van der Waals surface area (Å²) in [5.41, 5.74) is 3.62. The fourth-order valence-corrected chi connectivity index (χ4v) is 3.15. The largest absolute Gasteiger partial charge is 0.321 e.